The number of rotatable bonds is 11. The minimum absolute atomic E-state index is 0.0204. The molecule has 9 nitrogen and oxygen atoms in total. The summed E-state index contributed by atoms with van der Waals surface area (Å²) in [6.45, 7) is 10.5. The van der Waals surface area contributed by atoms with Crippen LogP contribution in [0.25, 0.3) is 0 Å². The second-order valence-corrected chi connectivity index (χ2v) is 8.85. The third-order valence-corrected chi connectivity index (χ3v) is 6.01. The van der Waals surface area contributed by atoms with E-state index in [9.17, 15) is 14.9 Å². The molecule has 0 unspecified atom stereocenters. The monoisotopic (exact) mass is 481 g/mol. The fraction of sp³-hybridized carbons (Fsp3) is 0.292. The van der Waals surface area contributed by atoms with Gasteiger partial charge in [-0.1, -0.05) is 43.8 Å². The van der Waals surface area contributed by atoms with Crippen LogP contribution in [0.15, 0.2) is 60.3 Å². The van der Waals surface area contributed by atoms with Crippen molar-refractivity contribution in [2.24, 2.45) is 0 Å². The molecule has 2 aromatic carbocycles. The number of carbonyl (C=O) groups is 1. The van der Waals surface area contributed by atoms with E-state index in [4.69, 9.17) is 4.74 Å². The van der Waals surface area contributed by atoms with E-state index in [1.807, 2.05) is 28.8 Å². The quantitative estimate of drug-likeness (QED) is 0.175. The van der Waals surface area contributed by atoms with E-state index in [1.54, 1.807) is 13.0 Å². The van der Waals surface area contributed by atoms with Gasteiger partial charge in [0.2, 0.25) is 5.91 Å². The summed E-state index contributed by atoms with van der Waals surface area (Å²) in [6, 6.07) is 12.3. The molecule has 0 saturated heterocycles. The summed E-state index contributed by atoms with van der Waals surface area (Å²) in [5.41, 5.74) is 2.36. The number of allylic oxidation sites excluding steroid dienone is 1. The fourth-order valence-electron chi connectivity index (χ4n) is 3.16. The Morgan fingerprint density at radius 1 is 1.26 bits per heavy atom. The fourth-order valence-corrected chi connectivity index (χ4v) is 3.93. The Labute approximate surface area is 202 Å². The smallest absolute Gasteiger partial charge is 0.269 e. The lowest BCUT2D eigenvalue weighted by Gasteiger charge is -2.11. The van der Waals surface area contributed by atoms with Gasteiger partial charge in [-0.25, -0.2) is 0 Å². The molecule has 0 aliphatic heterocycles. The Morgan fingerprint density at radius 2 is 2.00 bits per heavy atom. The van der Waals surface area contributed by atoms with E-state index >= 15 is 0 Å². The molecule has 0 fully saturated rings. The lowest BCUT2D eigenvalue weighted by Crippen LogP contribution is -2.15. The Bertz CT molecular complexity index is 1170. The van der Waals surface area contributed by atoms with Crippen LogP contribution in [0.2, 0.25) is 0 Å². The molecule has 3 rings (SSSR count). The van der Waals surface area contributed by atoms with Gasteiger partial charge in [0.15, 0.2) is 11.0 Å². The number of nitrogens with one attached hydrogen (secondary N) is 1. The van der Waals surface area contributed by atoms with E-state index in [0.717, 1.165) is 5.75 Å². The number of ether oxygens (including phenoxy) is 1. The van der Waals surface area contributed by atoms with Crippen LogP contribution in [0.3, 0.4) is 0 Å². The van der Waals surface area contributed by atoms with Crippen LogP contribution in [0.4, 0.5) is 11.4 Å². The number of aromatic nitrogens is 3. The Kier molecular flexibility index (Phi) is 8.42. The number of nitro benzene ring substituents is 1. The highest BCUT2D eigenvalue weighted by molar-refractivity contribution is 7.99. The molecule has 10 heteroatoms. The standard InChI is InChI=1S/C24H27N5O4S/c1-5-12-28-22(14-33-20-9-6-18(7-10-20)16(2)3)26-27-24(28)34-15-23(30)25-21-11-8-19(29(31)32)13-17(21)4/h5-11,13,16H,1,12,14-15H2,2-4H3,(H,25,30). The number of thioether (sulfide) groups is 1. The summed E-state index contributed by atoms with van der Waals surface area (Å²) < 4.78 is 7.73. The molecule has 1 aromatic heterocycles. The molecular weight excluding hydrogens is 454 g/mol. The first-order chi connectivity index (χ1) is 16.3. The molecule has 1 heterocycles. The van der Waals surface area contributed by atoms with Crippen LogP contribution in [-0.4, -0.2) is 31.3 Å². The number of hydrogen-bond donors (Lipinski definition) is 1. The number of nitrogens with zero attached hydrogens (tertiary/aromatic N) is 4. The van der Waals surface area contributed by atoms with Crippen LogP contribution in [0.5, 0.6) is 5.75 Å². The number of anilines is 1. The first kappa shape index (κ1) is 25.0. The molecule has 34 heavy (non-hydrogen) atoms. The van der Waals surface area contributed by atoms with Gasteiger partial charge >= 0.3 is 0 Å². The largest absolute Gasteiger partial charge is 0.486 e. The summed E-state index contributed by atoms with van der Waals surface area (Å²) in [7, 11) is 0. The lowest BCUT2D eigenvalue weighted by molar-refractivity contribution is -0.384. The van der Waals surface area contributed by atoms with Crippen molar-refractivity contribution in [3.63, 3.8) is 0 Å². The first-order valence-electron chi connectivity index (χ1n) is 10.7. The maximum absolute atomic E-state index is 12.5. The summed E-state index contributed by atoms with van der Waals surface area (Å²) in [6.07, 6.45) is 1.73. The number of hydrogen-bond acceptors (Lipinski definition) is 7. The molecule has 178 valence electrons. The average Bonchev–Trinajstić information content (AvgIpc) is 3.19. The van der Waals surface area contributed by atoms with Crippen molar-refractivity contribution in [1.82, 2.24) is 14.8 Å². The number of amides is 1. The molecule has 1 amide bonds. The van der Waals surface area contributed by atoms with Crippen molar-refractivity contribution < 1.29 is 14.5 Å². The van der Waals surface area contributed by atoms with E-state index in [0.29, 0.717) is 34.7 Å². The van der Waals surface area contributed by atoms with Gasteiger partial charge in [0, 0.05) is 24.4 Å². The summed E-state index contributed by atoms with van der Waals surface area (Å²) in [5.74, 6) is 1.67. The molecule has 0 atom stereocenters. The van der Waals surface area contributed by atoms with Gasteiger partial charge < -0.3 is 10.1 Å². The van der Waals surface area contributed by atoms with Crippen molar-refractivity contribution in [3.05, 3.63) is 82.2 Å². The highest BCUT2D eigenvalue weighted by atomic mass is 32.2. The van der Waals surface area contributed by atoms with E-state index in [2.05, 4.69) is 35.9 Å². The Balaban J connectivity index is 1.61. The van der Waals surface area contributed by atoms with E-state index in [1.165, 1.54) is 35.5 Å². The van der Waals surface area contributed by atoms with Crippen LogP contribution in [0, 0.1) is 17.0 Å². The van der Waals surface area contributed by atoms with Crippen molar-refractivity contribution in [3.8, 4) is 5.75 Å². The second-order valence-electron chi connectivity index (χ2n) is 7.90. The zero-order valence-electron chi connectivity index (χ0n) is 19.4. The van der Waals surface area contributed by atoms with Gasteiger partial charge in [-0.05, 0) is 42.2 Å². The summed E-state index contributed by atoms with van der Waals surface area (Å²) in [5, 5.41) is 22.7. The predicted molar refractivity (Wildman–Crippen MR) is 132 cm³/mol. The average molecular weight is 482 g/mol. The zero-order chi connectivity index (χ0) is 24.7. The molecule has 0 saturated carbocycles. The first-order valence-corrected chi connectivity index (χ1v) is 11.7. The summed E-state index contributed by atoms with van der Waals surface area (Å²) >= 11 is 1.24. The number of benzene rings is 2. The zero-order valence-corrected chi connectivity index (χ0v) is 20.2. The van der Waals surface area contributed by atoms with E-state index < -0.39 is 4.92 Å². The molecule has 0 radical (unpaired) electrons. The third kappa shape index (κ3) is 6.44. The van der Waals surface area contributed by atoms with Crippen molar-refractivity contribution in [1.29, 1.82) is 0 Å². The SMILES string of the molecule is C=CCn1c(COc2ccc(C(C)C)cc2)nnc1SCC(=O)Nc1ccc([N+](=O)[O-])cc1C. The van der Waals surface area contributed by atoms with Crippen molar-refractivity contribution >= 4 is 29.0 Å². The lowest BCUT2D eigenvalue weighted by atomic mass is 10.0. The van der Waals surface area contributed by atoms with Gasteiger partial charge in [0.05, 0.1) is 10.7 Å². The normalized spacial score (nSPS) is 10.8. The molecular formula is C24H27N5O4S. The topological polar surface area (TPSA) is 112 Å². The maximum atomic E-state index is 12.5. The molecule has 0 aliphatic carbocycles. The predicted octanol–water partition coefficient (Wildman–Crippen LogP) is 5.11. The third-order valence-electron chi connectivity index (χ3n) is 5.05. The van der Waals surface area contributed by atoms with Gasteiger partial charge in [-0.2, -0.15) is 0 Å². The minimum Gasteiger partial charge on any atom is -0.486 e. The molecule has 1 N–H and O–H groups in total. The molecule has 0 spiro atoms. The highest BCUT2D eigenvalue weighted by Crippen LogP contribution is 2.23. The van der Waals surface area contributed by atoms with Gasteiger partial charge in [-0.15, -0.1) is 16.8 Å². The minimum atomic E-state index is -0.469. The van der Waals surface area contributed by atoms with Crippen LogP contribution in [-0.2, 0) is 17.9 Å². The number of aryl methyl sites for hydroxylation is 1. The van der Waals surface area contributed by atoms with Gasteiger partial charge in [-0.3, -0.25) is 19.5 Å². The molecule has 0 aliphatic rings. The number of carbonyl (C=O) groups excluding carboxylic acids is 1. The Hall–Kier alpha value is -3.66. The Morgan fingerprint density at radius 3 is 2.62 bits per heavy atom. The molecule has 3 aromatic rings. The van der Waals surface area contributed by atoms with Crippen LogP contribution >= 0.6 is 11.8 Å². The van der Waals surface area contributed by atoms with Gasteiger partial charge in [0.25, 0.3) is 5.69 Å². The van der Waals surface area contributed by atoms with E-state index in [-0.39, 0.29) is 24.0 Å². The van der Waals surface area contributed by atoms with Crippen LogP contribution < -0.4 is 10.1 Å². The number of nitro groups is 1. The number of non-ortho nitro benzene ring substituents is 1. The highest BCUT2D eigenvalue weighted by Gasteiger charge is 2.15. The maximum Gasteiger partial charge on any atom is 0.269 e. The second kappa shape index (κ2) is 11.5. The van der Waals surface area contributed by atoms with Crippen LogP contribution in [0.1, 0.15) is 36.7 Å². The summed E-state index contributed by atoms with van der Waals surface area (Å²) in [4.78, 5) is 22.9. The van der Waals surface area contributed by atoms with Crippen molar-refractivity contribution in [2.45, 2.75) is 45.0 Å². The molecule has 0 bridgehead atoms. The van der Waals surface area contributed by atoms with Crippen molar-refractivity contribution in [2.75, 3.05) is 11.1 Å². The van der Waals surface area contributed by atoms with Gasteiger partial charge in [0.1, 0.15) is 12.4 Å².